The Balaban J connectivity index is 1.99. The molecule has 0 aromatic carbocycles. The molecule has 1 amide bonds. The molecule has 1 aliphatic rings. The van der Waals surface area contributed by atoms with Gasteiger partial charge < -0.3 is 9.42 Å². The number of likely N-dealkylation sites (tertiary alicyclic amines) is 1. The normalized spacial score (nSPS) is 18.5. The fourth-order valence-electron chi connectivity index (χ4n) is 1.54. The van der Waals surface area contributed by atoms with Crippen LogP contribution in [0.4, 0.5) is 0 Å². The third-order valence-electron chi connectivity index (χ3n) is 2.37. The van der Waals surface area contributed by atoms with Crippen LogP contribution in [-0.2, 0) is 0 Å². The molecule has 1 aromatic heterocycles. The van der Waals surface area contributed by atoms with E-state index in [1.807, 2.05) is 4.90 Å². The molecule has 2 rings (SSSR count). The van der Waals surface area contributed by atoms with Gasteiger partial charge in [0, 0.05) is 24.0 Å². The van der Waals surface area contributed by atoms with E-state index in [1.54, 1.807) is 6.07 Å². The number of piperidine rings is 1. The number of hydrogen-bond acceptors (Lipinski definition) is 3. The summed E-state index contributed by atoms with van der Waals surface area (Å²) in [5, 5.41) is 3.63. The van der Waals surface area contributed by atoms with Gasteiger partial charge >= 0.3 is 0 Å². The van der Waals surface area contributed by atoms with Gasteiger partial charge in [0.25, 0.3) is 5.91 Å². The molecule has 0 unspecified atom stereocenters. The Morgan fingerprint density at radius 1 is 1.57 bits per heavy atom. The van der Waals surface area contributed by atoms with Gasteiger partial charge in [-0.3, -0.25) is 4.79 Å². The molecular weight excluding hydrogens is 248 g/mol. The molecule has 4 nitrogen and oxygen atoms in total. The third kappa shape index (κ3) is 1.97. The number of aromatic nitrogens is 1. The van der Waals surface area contributed by atoms with Gasteiger partial charge in [-0.15, -0.1) is 0 Å². The molecule has 1 aromatic rings. The van der Waals surface area contributed by atoms with Crippen molar-refractivity contribution in [1.82, 2.24) is 10.1 Å². The van der Waals surface area contributed by atoms with E-state index in [4.69, 9.17) is 0 Å². The highest BCUT2D eigenvalue weighted by Gasteiger charge is 2.23. The number of nitrogens with zero attached hydrogens (tertiary/aromatic N) is 2. The number of hydrogen-bond donors (Lipinski definition) is 0. The molecule has 0 radical (unpaired) electrons. The summed E-state index contributed by atoms with van der Waals surface area (Å²) >= 11 is 3.54. The Hall–Kier alpha value is -0.840. The second kappa shape index (κ2) is 4.13. The molecule has 0 atom stereocenters. The molecule has 0 bridgehead atoms. The summed E-state index contributed by atoms with van der Waals surface area (Å²) < 4.78 is 4.64. The highest BCUT2D eigenvalue weighted by Crippen LogP contribution is 2.18. The number of carbonyl (C=O) groups is 1. The van der Waals surface area contributed by atoms with Gasteiger partial charge in [0.2, 0.25) is 0 Å². The van der Waals surface area contributed by atoms with E-state index in [1.165, 1.54) is 6.26 Å². The molecular formula is C9H11BrN2O2. The van der Waals surface area contributed by atoms with E-state index in [0.29, 0.717) is 10.5 Å². The molecule has 1 aliphatic heterocycles. The first-order valence-corrected chi connectivity index (χ1v) is 5.52. The van der Waals surface area contributed by atoms with Crippen LogP contribution in [0.15, 0.2) is 16.9 Å². The van der Waals surface area contributed by atoms with Crippen molar-refractivity contribution in [2.24, 2.45) is 0 Å². The van der Waals surface area contributed by atoms with Gasteiger partial charge in [-0.1, -0.05) is 21.1 Å². The SMILES string of the molecule is O=C(c1ccon1)N1CCC(Br)CC1. The topological polar surface area (TPSA) is 46.3 Å². The maximum absolute atomic E-state index is 11.8. The van der Waals surface area contributed by atoms with E-state index in [2.05, 4.69) is 25.6 Å². The second-order valence-corrected chi connectivity index (χ2v) is 4.65. The maximum Gasteiger partial charge on any atom is 0.276 e. The van der Waals surface area contributed by atoms with Crippen molar-refractivity contribution < 1.29 is 9.32 Å². The lowest BCUT2D eigenvalue weighted by Crippen LogP contribution is -2.38. The van der Waals surface area contributed by atoms with Crippen molar-refractivity contribution in [3.05, 3.63) is 18.0 Å². The van der Waals surface area contributed by atoms with Crippen molar-refractivity contribution >= 4 is 21.8 Å². The molecule has 5 heteroatoms. The van der Waals surface area contributed by atoms with Gasteiger partial charge in [0.05, 0.1) is 0 Å². The predicted octanol–water partition coefficient (Wildman–Crippen LogP) is 1.67. The average Bonchev–Trinajstić information content (AvgIpc) is 2.71. The number of carbonyl (C=O) groups excluding carboxylic acids is 1. The second-order valence-electron chi connectivity index (χ2n) is 3.35. The Bertz CT molecular complexity index is 305. The zero-order valence-electron chi connectivity index (χ0n) is 7.65. The van der Waals surface area contributed by atoms with Crippen LogP contribution in [0.25, 0.3) is 0 Å². The van der Waals surface area contributed by atoms with Crippen molar-refractivity contribution in [1.29, 1.82) is 0 Å². The first-order valence-electron chi connectivity index (χ1n) is 4.61. The number of alkyl halides is 1. The lowest BCUT2D eigenvalue weighted by atomic mass is 10.1. The Morgan fingerprint density at radius 2 is 2.29 bits per heavy atom. The van der Waals surface area contributed by atoms with Crippen LogP contribution < -0.4 is 0 Å². The quantitative estimate of drug-likeness (QED) is 0.721. The summed E-state index contributed by atoms with van der Waals surface area (Å²) in [5.41, 5.74) is 0.401. The van der Waals surface area contributed by atoms with Gasteiger partial charge in [-0.25, -0.2) is 0 Å². The van der Waals surface area contributed by atoms with Crippen molar-refractivity contribution in [2.45, 2.75) is 17.7 Å². The number of rotatable bonds is 1. The van der Waals surface area contributed by atoms with E-state index in [0.717, 1.165) is 25.9 Å². The van der Waals surface area contributed by atoms with Crippen LogP contribution >= 0.6 is 15.9 Å². The van der Waals surface area contributed by atoms with Crippen LogP contribution in [0, 0.1) is 0 Å². The number of halogens is 1. The molecule has 0 N–H and O–H groups in total. The highest BCUT2D eigenvalue weighted by atomic mass is 79.9. The van der Waals surface area contributed by atoms with Crippen LogP contribution in [0.3, 0.4) is 0 Å². The maximum atomic E-state index is 11.8. The zero-order valence-corrected chi connectivity index (χ0v) is 9.24. The summed E-state index contributed by atoms with van der Waals surface area (Å²) in [6, 6.07) is 1.60. The average molecular weight is 259 g/mol. The summed E-state index contributed by atoms with van der Waals surface area (Å²) in [6.07, 6.45) is 3.43. The van der Waals surface area contributed by atoms with Crippen LogP contribution in [-0.4, -0.2) is 33.9 Å². The van der Waals surface area contributed by atoms with E-state index in [9.17, 15) is 4.79 Å². The van der Waals surface area contributed by atoms with Gasteiger partial charge in [0.15, 0.2) is 5.69 Å². The van der Waals surface area contributed by atoms with Crippen molar-refractivity contribution in [2.75, 3.05) is 13.1 Å². The monoisotopic (exact) mass is 258 g/mol. The summed E-state index contributed by atoms with van der Waals surface area (Å²) in [6.45, 7) is 1.59. The Morgan fingerprint density at radius 3 is 2.86 bits per heavy atom. The number of amides is 1. The molecule has 14 heavy (non-hydrogen) atoms. The minimum Gasteiger partial charge on any atom is -0.364 e. The predicted molar refractivity (Wildman–Crippen MR) is 54.4 cm³/mol. The Labute approximate surface area is 90.4 Å². The van der Waals surface area contributed by atoms with Crippen molar-refractivity contribution in [3.8, 4) is 0 Å². The lowest BCUT2D eigenvalue weighted by molar-refractivity contribution is 0.0718. The Kier molecular flexibility index (Phi) is 2.86. The standard InChI is InChI=1S/C9H11BrN2O2/c10-7-1-4-12(5-2-7)9(13)8-3-6-14-11-8/h3,6-7H,1-2,4-5H2. The van der Waals surface area contributed by atoms with Gasteiger partial charge in [-0.05, 0) is 12.8 Å². The van der Waals surface area contributed by atoms with Gasteiger partial charge in [-0.2, -0.15) is 0 Å². The fourth-order valence-corrected chi connectivity index (χ4v) is 1.95. The molecule has 0 spiro atoms. The molecule has 1 saturated heterocycles. The third-order valence-corrected chi connectivity index (χ3v) is 3.28. The summed E-state index contributed by atoms with van der Waals surface area (Å²) in [7, 11) is 0. The van der Waals surface area contributed by atoms with E-state index in [-0.39, 0.29) is 5.91 Å². The van der Waals surface area contributed by atoms with Crippen LogP contribution in [0.2, 0.25) is 0 Å². The van der Waals surface area contributed by atoms with E-state index >= 15 is 0 Å². The molecule has 2 heterocycles. The lowest BCUT2D eigenvalue weighted by Gasteiger charge is -2.28. The molecule has 76 valence electrons. The minimum absolute atomic E-state index is 0.0295. The first-order chi connectivity index (χ1) is 6.77. The fraction of sp³-hybridized carbons (Fsp3) is 0.556. The first kappa shape index (κ1) is 9.71. The van der Waals surface area contributed by atoms with Gasteiger partial charge in [0.1, 0.15) is 6.26 Å². The van der Waals surface area contributed by atoms with Crippen molar-refractivity contribution in [3.63, 3.8) is 0 Å². The summed E-state index contributed by atoms with van der Waals surface area (Å²) in [5.74, 6) is -0.0295. The molecule has 0 aliphatic carbocycles. The molecule has 0 saturated carbocycles. The largest absolute Gasteiger partial charge is 0.364 e. The zero-order chi connectivity index (χ0) is 9.97. The van der Waals surface area contributed by atoms with Crippen LogP contribution in [0.1, 0.15) is 23.3 Å². The minimum atomic E-state index is -0.0295. The smallest absolute Gasteiger partial charge is 0.276 e. The van der Waals surface area contributed by atoms with Crippen LogP contribution in [0.5, 0.6) is 0 Å². The summed E-state index contributed by atoms with van der Waals surface area (Å²) in [4.78, 5) is 14.1. The van der Waals surface area contributed by atoms with E-state index < -0.39 is 0 Å². The molecule has 1 fully saturated rings. The highest BCUT2D eigenvalue weighted by molar-refractivity contribution is 9.09.